The number of carbonyl (C=O) groups excluding carboxylic acids is 2. The highest BCUT2D eigenvalue weighted by molar-refractivity contribution is 5.90. The number of methoxy groups -OCH3 is 2. The third kappa shape index (κ3) is 2.95. The number of anilines is 1. The van der Waals surface area contributed by atoms with Crippen molar-refractivity contribution in [2.45, 2.75) is 12.1 Å². The molecule has 9 nitrogen and oxygen atoms in total. The standard InChI is InChI=1S/C21H19N3O6/c1-29-20(25)17-18-16-6-4-3-5-13(16)11-12-22(18)23(19(17)21(26)30-2)14-7-9-15(10-8-14)24(27)28/h3-12,17-19H,1-2H3/t17-,18-,19-/m1/s1. The van der Waals surface area contributed by atoms with Gasteiger partial charge in [0.05, 0.1) is 30.9 Å². The fourth-order valence-corrected chi connectivity index (χ4v) is 4.14. The maximum atomic E-state index is 12.8. The number of non-ortho nitro benzene ring substituents is 1. The van der Waals surface area contributed by atoms with Gasteiger partial charge < -0.3 is 9.47 Å². The maximum absolute atomic E-state index is 12.8. The van der Waals surface area contributed by atoms with Gasteiger partial charge in [-0.15, -0.1) is 0 Å². The lowest BCUT2D eigenvalue weighted by Crippen LogP contribution is -2.46. The van der Waals surface area contributed by atoms with Crippen molar-refractivity contribution < 1.29 is 24.0 Å². The number of carbonyl (C=O) groups is 2. The summed E-state index contributed by atoms with van der Waals surface area (Å²) in [6.45, 7) is 0. The van der Waals surface area contributed by atoms with Crippen LogP contribution in [-0.4, -0.2) is 42.1 Å². The highest BCUT2D eigenvalue weighted by Gasteiger charge is 2.56. The predicted molar refractivity (Wildman–Crippen MR) is 107 cm³/mol. The second kappa shape index (κ2) is 7.51. The number of hydrogen-bond acceptors (Lipinski definition) is 8. The van der Waals surface area contributed by atoms with Crippen molar-refractivity contribution in [1.82, 2.24) is 5.01 Å². The Hall–Kier alpha value is -3.88. The first-order valence-electron chi connectivity index (χ1n) is 9.22. The molecule has 3 atom stereocenters. The van der Waals surface area contributed by atoms with Crippen molar-refractivity contribution in [1.29, 1.82) is 0 Å². The Labute approximate surface area is 172 Å². The fraction of sp³-hybridized carbons (Fsp3) is 0.238. The van der Waals surface area contributed by atoms with Gasteiger partial charge in [-0.3, -0.25) is 24.9 Å². The molecule has 9 heteroatoms. The lowest BCUT2D eigenvalue weighted by molar-refractivity contribution is -0.384. The molecule has 2 aromatic rings. The molecule has 0 bridgehead atoms. The van der Waals surface area contributed by atoms with Crippen molar-refractivity contribution in [2.75, 3.05) is 19.2 Å². The number of ether oxygens (including phenoxy) is 2. The Morgan fingerprint density at radius 3 is 2.30 bits per heavy atom. The van der Waals surface area contributed by atoms with E-state index in [1.165, 1.54) is 26.4 Å². The van der Waals surface area contributed by atoms with Gasteiger partial charge in [-0.1, -0.05) is 24.3 Å². The van der Waals surface area contributed by atoms with E-state index in [2.05, 4.69) is 0 Å². The molecule has 4 rings (SSSR count). The molecular formula is C21H19N3O6. The van der Waals surface area contributed by atoms with Crippen LogP contribution in [0.3, 0.4) is 0 Å². The van der Waals surface area contributed by atoms with E-state index < -0.39 is 34.9 Å². The van der Waals surface area contributed by atoms with Crippen molar-refractivity contribution >= 4 is 29.4 Å². The van der Waals surface area contributed by atoms with Crippen LogP contribution in [0.25, 0.3) is 6.08 Å². The van der Waals surface area contributed by atoms with Gasteiger partial charge >= 0.3 is 11.9 Å². The Morgan fingerprint density at radius 2 is 1.67 bits per heavy atom. The average molecular weight is 409 g/mol. The van der Waals surface area contributed by atoms with E-state index in [-0.39, 0.29) is 5.69 Å². The van der Waals surface area contributed by atoms with E-state index in [0.29, 0.717) is 5.69 Å². The summed E-state index contributed by atoms with van der Waals surface area (Å²) in [6, 6.07) is 11.9. The Kier molecular flexibility index (Phi) is 4.86. The van der Waals surface area contributed by atoms with Crippen LogP contribution in [-0.2, 0) is 19.1 Å². The van der Waals surface area contributed by atoms with Crippen LogP contribution in [0.1, 0.15) is 17.2 Å². The number of esters is 2. The first-order valence-corrected chi connectivity index (χ1v) is 9.22. The summed E-state index contributed by atoms with van der Waals surface area (Å²) < 4.78 is 10.1. The van der Waals surface area contributed by atoms with E-state index in [1.807, 2.05) is 30.3 Å². The minimum absolute atomic E-state index is 0.0758. The number of nitrogens with zero attached hydrogens (tertiary/aromatic N) is 3. The summed E-state index contributed by atoms with van der Waals surface area (Å²) in [5, 5.41) is 14.5. The van der Waals surface area contributed by atoms with E-state index >= 15 is 0 Å². The summed E-state index contributed by atoms with van der Waals surface area (Å²) in [5.74, 6) is -2.03. The van der Waals surface area contributed by atoms with Gasteiger partial charge in [0, 0.05) is 18.3 Å². The molecule has 30 heavy (non-hydrogen) atoms. The maximum Gasteiger partial charge on any atom is 0.331 e. The van der Waals surface area contributed by atoms with Crippen LogP contribution in [0.2, 0.25) is 0 Å². The first kappa shape index (κ1) is 19.4. The average Bonchev–Trinajstić information content (AvgIpc) is 3.13. The van der Waals surface area contributed by atoms with Crippen LogP contribution in [0, 0.1) is 16.0 Å². The number of benzene rings is 2. The lowest BCUT2D eigenvalue weighted by Gasteiger charge is -2.36. The zero-order valence-electron chi connectivity index (χ0n) is 16.3. The van der Waals surface area contributed by atoms with Crippen molar-refractivity contribution in [3.63, 3.8) is 0 Å². The van der Waals surface area contributed by atoms with Gasteiger partial charge in [0.2, 0.25) is 0 Å². The van der Waals surface area contributed by atoms with Gasteiger partial charge in [-0.2, -0.15) is 0 Å². The first-order chi connectivity index (χ1) is 14.5. The number of nitro benzene ring substituents is 1. The van der Waals surface area contributed by atoms with Gasteiger partial charge in [0.25, 0.3) is 5.69 Å². The second-order valence-corrected chi connectivity index (χ2v) is 6.90. The number of hydrazine groups is 1. The summed E-state index contributed by atoms with van der Waals surface area (Å²) in [6.07, 6.45) is 3.67. The molecule has 1 saturated heterocycles. The third-order valence-electron chi connectivity index (χ3n) is 5.44. The number of hydrogen-bond donors (Lipinski definition) is 0. The Morgan fingerprint density at radius 1 is 1.00 bits per heavy atom. The summed E-state index contributed by atoms with van der Waals surface area (Å²) in [7, 11) is 2.53. The fourth-order valence-electron chi connectivity index (χ4n) is 4.14. The molecule has 0 radical (unpaired) electrons. The van der Waals surface area contributed by atoms with Crippen LogP contribution < -0.4 is 5.01 Å². The molecule has 0 aliphatic carbocycles. The molecule has 0 N–H and O–H groups in total. The lowest BCUT2D eigenvalue weighted by atomic mass is 9.85. The summed E-state index contributed by atoms with van der Waals surface area (Å²) >= 11 is 0. The van der Waals surface area contributed by atoms with Crippen molar-refractivity contribution in [3.8, 4) is 0 Å². The van der Waals surface area contributed by atoms with Gasteiger partial charge in [0.1, 0.15) is 5.92 Å². The smallest absolute Gasteiger partial charge is 0.331 e. The second-order valence-electron chi connectivity index (χ2n) is 6.90. The molecule has 0 unspecified atom stereocenters. The molecule has 0 saturated carbocycles. The molecule has 154 valence electrons. The minimum atomic E-state index is -1.01. The van der Waals surface area contributed by atoms with Gasteiger partial charge in [-0.25, -0.2) is 4.79 Å². The Balaban J connectivity index is 1.89. The molecule has 0 aromatic heterocycles. The molecular weight excluding hydrogens is 390 g/mol. The minimum Gasteiger partial charge on any atom is -0.469 e. The molecule has 2 heterocycles. The summed E-state index contributed by atoms with van der Waals surface area (Å²) in [5.41, 5.74) is 2.24. The molecule has 1 fully saturated rings. The zero-order chi connectivity index (χ0) is 21.4. The monoisotopic (exact) mass is 409 g/mol. The zero-order valence-corrected chi connectivity index (χ0v) is 16.3. The predicted octanol–water partition coefficient (Wildman–Crippen LogP) is 2.69. The van der Waals surface area contributed by atoms with Crippen molar-refractivity contribution in [3.05, 3.63) is 76.0 Å². The molecule has 2 aliphatic heterocycles. The van der Waals surface area contributed by atoms with E-state index in [0.717, 1.165) is 11.1 Å². The topological polar surface area (TPSA) is 102 Å². The SMILES string of the molecule is COC(=O)[C@@H]1[C@H]2c3ccccc3C=CN2N(c2ccc([N+](=O)[O-])cc2)[C@H]1C(=O)OC. The largest absolute Gasteiger partial charge is 0.469 e. The van der Waals surface area contributed by atoms with Gasteiger partial charge in [-0.05, 0) is 29.3 Å². The normalized spacial score (nSPS) is 21.6. The highest BCUT2D eigenvalue weighted by atomic mass is 16.6. The third-order valence-corrected chi connectivity index (χ3v) is 5.44. The van der Waals surface area contributed by atoms with Crippen LogP contribution >= 0.6 is 0 Å². The van der Waals surface area contributed by atoms with Crippen LogP contribution in [0.5, 0.6) is 0 Å². The van der Waals surface area contributed by atoms with Crippen molar-refractivity contribution in [2.24, 2.45) is 5.92 Å². The van der Waals surface area contributed by atoms with E-state index in [9.17, 15) is 19.7 Å². The quantitative estimate of drug-likeness (QED) is 0.431. The van der Waals surface area contributed by atoms with E-state index in [4.69, 9.17) is 9.47 Å². The molecule has 0 spiro atoms. The highest BCUT2D eigenvalue weighted by Crippen LogP contribution is 2.48. The van der Waals surface area contributed by atoms with Crippen LogP contribution in [0.4, 0.5) is 11.4 Å². The van der Waals surface area contributed by atoms with Gasteiger partial charge in [0.15, 0.2) is 6.04 Å². The Bertz CT molecular complexity index is 1040. The molecule has 2 aliphatic rings. The van der Waals surface area contributed by atoms with Crippen LogP contribution in [0.15, 0.2) is 54.7 Å². The summed E-state index contributed by atoms with van der Waals surface area (Å²) in [4.78, 5) is 36.2. The van der Waals surface area contributed by atoms with E-state index in [1.54, 1.807) is 28.4 Å². The number of rotatable bonds is 4. The molecule has 0 amide bonds. The molecule has 2 aromatic carbocycles. The number of nitro groups is 1. The number of fused-ring (bicyclic) bond motifs is 3.